The molecule has 1 aliphatic rings. The number of nitrogens with zero attached hydrogens (tertiary/aromatic N) is 1. The maximum Gasteiger partial charge on any atom is 0.0160 e. The van der Waals surface area contributed by atoms with Crippen LogP contribution in [0, 0.1) is 16.7 Å². The van der Waals surface area contributed by atoms with Gasteiger partial charge in [-0.3, -0.25) is 4.90 Å². The molecule has 1 nitrogen and oxygen atoms in total. The second kappa shape index (κ2) is 4.23. The van der Waals surface area contributed by atoms with Crippen molar-refractivity contribution in [3.63, 3.8) is 0 Å². The van der Waals surface area contributed by atoms with E-state index in [1.165, 1.54) is 12.8 Å². The van der Waals surface area contributed by atoms with Gasteiger partial charge in [0.2, 0.25) is 0 Å². The van der Waals surface area contributed by atoms with Crippen molar-refractivity contribution >= 4 is 0 Å². The third-order valence-electron chi connectivity index (χ3n) is 5.94. The van der Waals surface area contributed by atoms with E-state index in [1.54, 1.807) is 0 Å². The molecule has 0 atom stereocenters. The van der Waals surface area contributed by atoms with E-state index in [-0.39, 0.29) is 11.1 Å². The number of rotatable bonds is 0. The first kappa shape index (κ1) is 16.0. The molecular weight excluding hydrogens is 218 g/mol. The molecule has 0 aromatic rings. The van der Waals surface area contributed by atoms with E-state index in [2.05, 4.69) is 74.3 Å². The van der Waals surface area contributed by atoms with Crippen LogP contribution in [0.4, 0.5) is 0 Å². The van der Waals surface area contributed by atoms with Gasteiger partial charge in [0.1, 0.15) is 0 Å². The number of likely N-dealkylation sites (tertiary alicyclic amines) is 1. The fourth-order valence-electron chi connectivity index (χ4n) is 4.65. The summed E-state index contributed by atoms with van der Waals surface area (Å²) in [4.78, 5) is 2.61. The first-order valence-corrected chi connectivity index (χ1v) is 7.46. The fourth-order valence-corrected chi connectivity index (χ4v) is 4.65. The highest BCUT2D eigenvalue weighted by Crippen LogP contribution is 2.52. The highest BCUT2D eigenvalue weighted by molar-refractivity contribution is 5.02. The topological polar surface area (TPSA) is 3.24 Å². The van der Waals surface area contributed by atoms with Gasteiger partial charge in [-0.05, 0) is 64.3 Å². The summed E-state index contributed by atoms with van der Waals surface area (Å²) < 4.78 is 0. The largest absolute Gasteiger partial charge is 0.296 e. The Labute approximate surface area is 115 Å². The van der Waals surface area contributed by atoms with Crippen molar-refractivity contribution < 1.29 is 0 Å². The van der Waals surface area contributed by atoms with Crippen molar-refractivity contribution in [1.82, 2.24) is 4.90 Å². The molecule has 1 heterocycles. The molecule has 1 saturated heterocycles. The normalized spacial score (nSPS) is 31.7. The molecule has 1 heteroatoms. The van der Waals surface area contributed by atoms with Crippen LogP contribution in [-0.4, -0.2) is 23.0 Å². The zero-order valence-electron chi connectivity index (χ0n) is 14.4. The van der Waals surface area contributed by atoms with E-state index in [4.69, 9.17) is 0 Å². The van der Waals surface area contributed by atoms with Crippen LogP contribution in [0.2, 0.25) is 0 Å². The molecule has 0 aliphatic carbocycles. The monoisotopic (exact) mass is 253 g/mol. The smallest absolute Gasteiger partial charge is 0.0160 e. The molecule has 0 N–H and O–H groups in total. The van der Waals surface area contributed by atoms with Gasteiger partial charge in [0.25, 0.3) is 0 Å². The fraction of sp³-hybridized carbons (Fsp3) is 1.00. The SMILES string of the molecule is CC1C(C)(C)CC(C)(C)N(C)C(C)(C)CC1(C)C. The summed E-state index contributed by atoms with van der Waals surface area (Å²) in [5.74, 6) is 0.734. The van der Waals surface area contributed by atoms with E-state index in [0.717, 1.165) is 5.92 Å². The van der Waals surface area contributed by atoms with Crippen LogP contribution < -0.4 is 0 Å². The molecule has 18 heavy (non-hydrogen) atoms. The van der Waals surface area contributed by atoms with E-state index >= 15 is 0 Å². The van der Waals surface area contributed by atoms with Crippen molar-refractivity contribution in [1.29, 1.82) is 0 Å². The lowest BCUT2D eigenvalue weighted by Gasteiger charge is -2.58. The summed E-state index contributed by atoms with van der Waals surface area (Å²) >= 11 is 0. The standard InChI is InChI=1S/C17H35N/c1-13-14(2,3)11-16(6,7)18(10)17(8,9)12-15(13,4)5/h13H,11-12H2,1-10H3. The second-order valence-corrected chi connectivity index (χ2v) is 9.24. The van der Waals surface area contributed by atoms with Crippen LogP contribution in [0.15, 0.2) is 0 Å². The second-order valence-electron chi connectivity index (χ2n) is 9.24. The van der Waals surface area contributed by atoms with Crippen LogP contribution in [0.5, 0.6) is 0 Å². The minimum Gasteiger partial charge on any atom is -0.296 e. The number of hydrogen-bond acceptors (Lipinski definition) is 1. The van der Waals surface area contributed by atoms with Gasteiger partial charge >= 0.3 is 0 Å². The third kappa shape index (κ3) is 2.76. The van der Waals surface area contributed by atoms with Crippen molar-refractivity contribution in [2.75, 3.05) is 7.05 Å². The maximum absolute atomic E-state index is 2.61. The highest BCUT2D eigenvalue weighted by Gasteiger charge is 2.49. The summed E-state index contributed by atoms with van der Waals surface area (Å²) in [6.07, 6.45) is 2.51. The molecule has 108 valence electrons. The quantitative estimate of drug-likeness (QED) is 0.590. The molecular formula is C17H35N. The Morgan fingerprint density at radius 1 is 0.722 bits per heavy atom. The van der Waals surface area contributed by atoms with Gasteiger partial charge in [0, 0.05) is 11.1 Å². The zero-order chi connectivity index (χ0) is 14.6. The average molecular weight is 253 g/mol. The van der Waals surface area contributed by atoms with Crippen LogP contribution in [0.3, 0.4) is 0 Å². The van der Waals surface area contributed by atoms with E-state index in [0.29, 0.717) is 10.8 Å². The third-order valence-corrected chi connectivity index (χ3v) is 5.94. The summed E-state index contributed by atoms with van der Waals surface area (Å²) in [6, 6.07) is 0. The molecule has 0 radical (unpaired) electrons. The first-order valence-electron chi connectivity index (χ1n) is 7.46. The molecule has 1 rings (SSSR count). The van der Waals surface area contributed by atoms with Crippen molar-refractivity contribution in [2.45, 2.75) is 86.2 Å². The van der Waals surface area contributed by atoms with Gasteiger partial charge in [0.05, 0.1) is 0 Å². The molecule has 0 unspecified atom stereocenters. The predicted molar refractivity (Wildman–Crippen MR) is 81.9 cm³/mol. The lowest BCUT2D eigenvalue weighted by atomic mass is 9.57. The lowest BCUT2D eigenvalue weighted by molar-refractivity contribution is -0.0763. The average Bonchev–Trinajstić information content (AvgIpc) is 2.10. The van der Waals surface area contributed by atoms with Crippen molar-refractivity contribution in [2.24, 2.45) is 16.7 Å². The molecule has 1 fully saturated rings. The highest BCUT2D eigenvalue weighted by atomic mass is 15.2. The molecule has 0 amide bonds. The molecule has 0 bridgehead atoms. The lowest BCUT2D eigenvalue weighted by Crippen LogP contribution is -2.59. The van der Waals surface area contributed by atoms with Crippen LogP contribution in [-0.2, 0) is 0 Å². The Bertz CT molecular complexity index is 250. The van der Waals surface area contributed by atoms with Crippen LogP contribution >= 0.6 is 0 Å². The minimum atomic E-state index is 0.262. The van der Waals surface area contributed by atoms with Crippen LogP contribution in [0.1, 0.15) is 75.2 Å². The van der Waals surface area contributed by atoms with Gasteiger partial charge < -0.3 is 0 Å². The van der Waals surface area contributed by atoms with Crippen molar-refractivity contribution in [3.05, 3.63) is 0 Å². The Hall–Kier alpha value is -0.0400. The van der Waals surface area contributed by atoms with Crippen molar-refractivity contribution in [3.8, 4) is 0 Å². The number of hydrogen-bond donors (Lipinski definition) is 0. The zero-order valence-corrected chi connectivity index (χ0v) is 14.4. The molecule has 0 spiro atoms. The van der Waals surface area contributed by atoms with E-state index < -0.39 is 0 Å². The summed E-state index contributed by atoms with van der Waals surface area (Å²) in [6.45, 7) is 21.9. The first-order chi connectivity index (χ1) is 7.72. The van der Waals surface area contributed by atoms with Gasteiger partial charge in [-0.2, -0.15) is 0 Å². The van der Waals surface area contributed by atoms with Gasteiger partial charge in [-0.1, -0.05) is 34.6 Å². The van der Waals surface area contributed by atoms with Crippen LogP contribution in [0.25, 0.3) is 0 Å². The Kier molecular flexibility index (Phi) is 3.76. The molecule has 1 aliphatic heterocycles. The van der Waals surface area contributed by atoms with E-state index in [1.807, 2.05) is 0 Å². The molecule has 0 aromatic heterocycles. The maximum atomic E-state index is 2.61. The predicted octanol–water partition coefficient (Wildman–Crippen LogP) is 4.96. The van der Waals surface area contributed by atoms with E-state index in [9.17, 15) is 0 Å². The Morgan fingerprint density at radius 2 is 1.00 bits per heavy atom. The minimum absolute atomic E-state index is 0.262. The van der Waals surface area contributed by atoms with Gasteiger partial charge in [-0.25, -0.2) is 0 Å². The summed E-state index contributed by atoms with van der Waals surface area (Å²) in [5.41, 5.74) is 1.30. The Morgan fingerprint density at radius 3 is 1.28 bits per heavy atom. The van der Waals surface area contributed by atoms with Gasteiger partial charge in [0.15, 0.2) is 0 Å². The summed E-state index contributed by atoms with van der Waals surface area (Å²) in [7, 11) is 2.31. The summed E-state index contributed by atoms with van der Waals surface area (Å²) in [5, 5.41) is 0. The molecule has 0 aromatic carbocycles. The van der Waals surface area contributed by atoms with Gasteiger partial charge in [-0.15, -0.1) is 0 Å². The molecule has 0 saturated carbocycles. The Balaban J connectivity index is 3.25.